The Bertz CT molecular complexity index is 529. The van der Waals surface area contributed by atoms with E-state index in [2.05, 4.69) is 22.3 Å². The predicted octanol–water partition coefficient (Wildman–Crippen LogP) is 2.33. The number of aryl methyl sites for hydroxylation is 3. The molecule has 0 unspecified atom stereocenters. The van der Waals surface area contributed by atoms with Crippen LogP contribution in [0.15, 0.2) is 5.51 Å². The zero-order valence-electron chi connectivity index (χ0n) is 11.0. The molecule has 98 valence electrons. The Labute approximate surface area is 111 Å². The molecule has 2 aromatic rings. The summed E-state index contributed by atoms with van der Waals surface area (Å²) >= 11 is 1.65. The van der Waals surface area contributed by atoms with E-state index in [1.165, 1.54) is 4.88 Å². The number of nitrogens with zero attached hydrogens (tertiary/aromatic N) is 3. The van der Waals surface area contributed by atoms with E-state index in [9.17, 15) is 0 Å². The van der Waals surface area contributed by atoms with Crippen LogP contribution in [0.3, 0.4) is 0 Å². The van der Waals surface area contributed by atoms with Crippen LogP contribution < -0.4 is 11.1 Å². The van der Waals surface area contributed by atoms with E-state index in [4.69, 9.17) is 5.73 Å². The number of rotatable bonds is 5. The molecule has 0 radical (unpaired) electrons. The van der Waals surface area contributed by atoms with E-state index in [-0.39, 0.29) is 0 Å². The second kappa shape index (κ2) is 5.39. The Balaban J connectivity index is 2.12. The quantitative estimate of drug-likeness (QED) is 0.870. The highest BCUT2D eigenvalue weighted by atomic mass is 32.1. The average Bonchev–Trinajstić information content (AvgIpc) is 2.84. The topological polar surface area (TPSA) is 68.8 Å². The van der Waals surface area contributed by atoms with Crippen LogP contribution in [-0.2, 0) is 20.0 Å². The van der Waals surface area contributed by atoms with Gasteiger partial charge in [-0.3, -0.25) is 4.68 Å². The van der Waals surface area contributed by atoms with Crippen molar-refractivity contribution in [2.45, 2.75) is 33.2 Å². The molecule has 3 N–H and O–H groups in total. The van der Waals surface area contributed by atoms with Crippen LogP contribution in [0.25, 0.3) is 0 Å². The Morgan fingerprint density at radius 3 is 2.89 bits per heavy atom. The van der Waals surface area contributed by atoms with Gasteiger partial charge < -0.3 is 11.1 Å². The summed E-state index contributed by atoms with van der Waals surface area (Å²) in [6, 6.07) is 0. The Hall–Kier alpha value is -1.56. The number of nitrogen functional groups attached to an aromatic ring is 1. The molecule has 0 aliphatic rings. The van der Waals surface area contributed by atoms with Crippen molar-refractivity contribution in [3.63, 3.8) is 0 Å². The summed E-state index contributed by atoms with van der Waals surface area (Å²) in [5, 5.41) is 7.79. The van der Waals surface area contributed by atoms with Gasteiger partial charge in [0.25, 0.3) is 0 Å². The fourth-order valence-corrected chi connectivity index (χ4v) is 2.60. The van der Waals surface area contributed by atoms with Gasteiger partial charge in [0.15, 0.2) is 0 Å². The van der Waals surface area contributed by atoms with Crippen LogP contribution >= 0.6 is 11.3 Å². The number of nitrogens with one attached hydrogen (secondary N) is 1. The lowest BCUT2D eigenvalue weighted by atomic mass is 10.2. The summed E-state index contributed by atoms with van der Waals surface area (Å²) in [6.45, 7) is 4.89. The van der Waals surface area contributed by atoms with Gasteiger partial charge in [-0.2, -0.15) is 5.10 Å². The lowest BCUT2D eigenvalue weighted by Gasteiger charge is -2.06. The second-order valence-electron chi connectivity index (χ2n) is 4.30. The number of thiazole rings is 1. The summed E-state index contributed by atoms with van der Waals surface area (Å²) in [5.74, 6) is 0.895. The molecule has 0 atom stereocenters. The van der Waals surface area contributed by atoms with Crippen molar-refractivity contribution < 1.29 is 0 Å². The van der Waals surface area contributed by atoms with Crippen molar-refractivity contribution >= 4 is 22.8 Å². The minimum absolute atomic E-state index is 0.742. The van der Waals surface area contributed by atoms with Gasteiger partial charge in [-0.25, -0.2) is 4.98 Å². The third-order valence-electron chi connectivity index (χ3n) is 2.91. The van der Waals surface area contributed by atoms with Crippen molar-refractivity contribution in [1.29, 1.82) is 0 Å². The Morgan fingerprint density at radius 1 is 1.50 bits per heavy atom. The maximum Gasteiger partial charge on any atom is 0.148 e. The smallest absolute Gasteiger partial charge is 0.148 e. The third-order valence-corrected chi connectivity index (χ3v) is 3.84. The maximum absolute atomic E-state index is 6.11. The standard InChI is InChI=1S/C12H19N5S/c1-4-5-9-11(13)12(17(3)16-9)14-6-10-8(2)15-7-18-10/h7,14H,4-6,13H2,1-3H3. The molecule has 5 nitrogen and oxygen atoms in total. The number of anilines is 2. The molecule has 2 aromatic heterocycles. The second-order valence-corrected chi connectivity index (χ2v) is 5.24. The first-order chi connectivity index (χ1) is 8.63. The maximum atomic E-state index is 6.11. The summed E-state index contributed by atoms with van der Waals surface area (Å²) < 4.78 is 1.82. The van der Waals surface area contributed by atoms with Crippen molar-refractivity contribution in [3.05, 3.63) is 21.8 Å². The van der Waals surface area contributed by atoms with Crippen molar-refractivity contribution in [2.75, 3.05) is 11.1 Å². The van der Waals surface area contributed by atoms with Gasteiger partial charge in [-0.15, -0.1) is 11.3 Å². The van der Waals surface area contributed by atoms with Crippen LogP contribution in [-0.4, -0.2) is 14.8 Å². The molecule has 18 heavy (non-hydrogen) atoms. The summed E-state index contributed by atoms with van der Waals surface area (Å²) in [4.78, 5) is 5.46. The highest BCUT2D eigenvalue weighted by Gasteiger charge is 2.12. The van der Waals surface area contributed by atoms with Crippen LogP contribution in [0, 0.1) is 6.92 Å². The highest BCUT2D eigenvalue weighted by Crippen LogP contribution is 2.24. The molecule has 0 bridgehead atoms. The van der Waals surface area contributed by atoms with Gasteiger partial charge in [-0.05, 0) is 13.3 Å². The molecule has 0 saturated heterocycles. The molecule has 0 aliphatic carbocycles. The van der Waals surface area contributed by atoms with Crippen molar-refractivity contribution in [1.82, 2.24) is 14.8 Å². The zero-order valence-corrected chi connectivity index (χ0v) is 11.8. The molecule has 0 aromatic carbocycles. The van der Waals surface area contributed by atoms with Gasteiger partial charge in [-0.1, -0.05) is 13.3 Å². The Morgan fingerprint density at radius 2 is 2.28 bits per heavy atom. The molecule has 0 saturated carbocycles. The summed E-state index contributed by atoms with van der Waals surface area (Å²) in [6.07, 6.45) is 1.97. The zero-order chi connectivity index (χ0) is 13.1. The molecule has 2 rings (SSSR count). The number of hydrogen-bond acceptors (Lipinski definition) is 5. The first kappa shape index (κ1) is 12.9. The molecular formula is C12H19N5S. The SMILES string of the molecule is CCCc1nn(C)c(NCc2scnc2C)c1N. The number of hydrogen-bond donors (Lipinski definition) is 2. The van der Waals surface area contributed by atoms with E-state index in [1.54, 1.807) is 11.3 Å². The first-order valence-electron chi connectivity index (χ1n) is 6.07. The van der Waals surface area contributed by atoms with Crippen molar-refractivity contribution in [2.24, 2.45) is 7.05 Å². The first-order valence-corrected chi connectivity index (χ1v) is 6.95. The minimum Gasteiger partial charge on any atom is -0.394 e. The lowest BCUT2D eigenvalue weighted by molar-refractivity contribution is 0.735. The molecule has 0 aliphatic heterocycles. The Kier molecular flexibility index (Phi) is 3.86. The molecule has 6 heteroatoms. The van der Waals surface area contributed by atoms with Crippen LogP contribution in [0.4, 0.5) is 11.5 Å². The predicted molar refractivity (Wildman–Crippen MR) is 75.8 cm³/mol. The van der Waals surface area contributed by atoms with Crippen LogP contribution in [0.5, 0.6) is 0 Å². The number of nitrogens with two attached hydrogens (primary N) is 1. The minimum atomic E-state index is 0.742. The van der Waals surface area contributed by atoms with E-state index in [0.29, 0.717) is 0 Å². The molecular weight excluding hydrogens is 246 g/mol. The van der Waals surface area contributed by atoms with E-state index in [0.717, 1.165) is 42.3 Å². The van der Waals surface area contributed by atoms with Gasteiger partial charge in [0, 0.05) is 11.9 Å². The largest absolute Gasteiger partial charge is 0.394 e. The third kappa shape index (κ3) is 2.48. The van der Waals surface area contributed by atoms with E-state index < -0.39 is 0 Å². The number of aromatic nitrogens is 3. The summed E-state index contributed by atoms with van der Waals surface area (Å²) in [7, 11) is 1.91. The van der Waals surface area contributed by atoms with Gasteiger partial charge in [0.1, 0.15) is 5.82 Å². The van der Waals surface area contributed by atoms with Gasteiger partial charge >= 0.3 is 0 Å². The van der Waals surface area contributed by atoms with Crippen LogP contribution in [0.2, 0.25) is 0 Å². The monoisotopic (exact) mass is 265 g/mol. The average molecular weight is 265 g/mol. The fourth-order valence-electron chi connectivity index (χ4n) is 1.89. The molecule has 0 spiro atoms. The van der Waals surface area contributed by atoms with Gasteiger partial charge in [0.05, 0.1) is 29.1 Å². The van der Waals surface area contributed by atoms with Gasteiger partial charge in [0.2, 0.25) is 0 Å². The normalized spacial score (nSPS) is 10.8. The molecule has 2 heterocycles. The van der Waals surface area contributed by atoms with E-state index >= 15 is 0 Å². The lowest BCUT2D eigenvalue weighted by Crippen LogP contribution is -2.06. The van der Waals surface area contributed by atoms with E-state index in [1.807, 2.05) is 24.2 Å². The molecule has 0 fully saturated rings. The van der Waals surface area contributed by atoms with Crippen LogP contribution in [0.1, 0.15) is 29.6 Å². The van der Waals surface area contributed by atoms with Crippen molar-refractivity contribution in [3.8, 4) is 0 Å². The summed E-state index contributed by atoms with van der Waals surface area (Å²) in [5.41, 5.74) is 10.8. The fraction of sp³-hybridized carbons (Fsp3) is 0.500. The highest BCUT2D eigenvalue weighted by molar-refractivity contribution is 7.09. The molecule has 0 amide bonds.